The zero-order chi connectivity index (χ0) is 25.4. The zero-order valence-electron chi connectivity index (χ0n) is 21.4. The second-order valence-electron chi connectivity index (χ2n) is 9.80. The van der Waals surface area contributed by atoms with Gasteiger partial charge in [-0.05, 0) is 51.0 Å². The van der Waals surface area contributed by atoms with Gasteiger partial charge in [0.1, 0.15) is 12.4 Å². The Kier molecular flexibility index (Phi) is 6.60. The molecule has 0 saturated carbocycles. The van der Waals surface area contributed by atoms with E-state index in [1.807, 2.05) is 51.9 Å². The highest BCUT2D eigenvalue weighted by Gasteiger charge is 2.36. The highest BCUT2D eigenvalue weighted by Crippen LogP contribution is 2.39. The first-order chi connectivity index (χ1) is 17.4. The van der Waals surface area contributed by atoms with Crippen LogP contribution >= 0.6 is 0 Å². The summed E-state index contributed by atoms with van der Waals surface area (Å²) in [5, 5.41) is 0. The number of fused-ring (bicyclic) bond motifs is 2. The van der Waals surface area contributed by atoms with Gasteiger partial charge in [0.15, 0.2) is 11.5 Å². The highest BCUT2D eigenvalue weighted by atomic mass is 16.7. The fourth-order valence-corrected chi connectivity index (χ4v) is 5.29. The number of hydrogen-bond acceptors (Lipinski definition) is 5. The molecule has 36 heavy (non-hydrogen) atoms. The van der Waals surface area contributed by atoms with Gasteiger partial charge in [-0.3, -0.25) is 9.59 Å². The minimum absolute atomic E-state index is 0.0321. The number of hydrogen-bond donors (Lipinski definition) is 0. The van der Waals surface area contributed by atoms with Gasteiger partial charge >= 0.3 is 0 Å². The van der Waals surface area contributed by atoms with Crippen LogP contribution in [-0.2, 0) is 16.1 Å². The molecular formula is C28H34N4O4. The van der Waals surface area contributed by atoms with Gasteiger partial charge in [0.25, 0.3) is 0 Å². The maximum Gasteiger partial charge on any atom is 0.243 e. The summed E-state index contributed by atoms with van der Waals surface area (Å²) < 4.78 is 12.9. The van der Waals surface area contributed by atoms with Crippen molar-refractivity contribution in [3.63, 3.8) is 0 Å². The van der Waals surface area contributed by atoms with Crippen LogP contribution in [0, 0.1) is 0 Å². The van der Waals surface area contributed by atoms with E-state index in [4.69, 9.17) is 14.5 Å². The molecule has 5 rings (SSSR count). The number of benzene rings is 2. The van der Waals surface area contributed by atoms with Gasteiger partial charge in [0.05, 0.1) is 11.0 Å². The summed E-state index contributed by atoms with van der Waals surface area (Å²) in [7, 11) is 0. The van der Waals surface area contributed by atoms with Crippen LogP contribution in [-0.4, -0.2) is 51.7 Å². The number of aromatic nitrogens is 2. The number of carbonyl (C=O) groups is 2. The van der Waals surface area contributed by atoms with E-state index in [0.29, 0.717) is 24.5 Å². The van der Waals surface area contributed by atoms with Crippen LogP contribution in [0.1, 0.15) is 58.7 Å². The molecule has 1 aromatic heterocycles. The second-order valence-corrected chi connectivity index (χ2v) is 9.80. The average Bonchev–Trinajstić information content (AvgIpc) is 3.60. The molecule has 0 aliphatic carbocycles. The Labute approximate surface area is 211 Å². The molecular weight excluding hydrogens is 456 g/mol. The SMILES string of the molecule is CCC(C)N(C(=O)Cn1c(C2CC(=O)N(c3ccc4c(c3)OCO4)C2)nc2ccccc21)C(C)CC. The smallest absolute Gasteiger partial charge is 0.243 e. The summed E-state index contributed by atoms with van der Waals surface area (Å²) in [6, 6.07) is 13.8. The molecule has 3 atom stereocenters. The molecule has 190 valence electrons. The first-order valence-electron chi connectivity index (χ1n) is 12.9. The molecule has 0 spiro atoms. The molecule has 0 N–H and O–H groups in total. The van der Waals surface area contributed by atoms with Crippen LogP contribution in [0.5, 0.6) is 11.5 Å². The maximum absolute atomic E-state index is 13.7. The van der Waals surface area contributed by atoms with Crippen LogP contribution in [0.3, 0.4) is 0 Å². The number of carbonyl (C=O) groups excluding carboxylic acids is 2. The summed E-state index contributed by atoms with van der Waals surface area (Å²) in [6.07, 6.45) is 2.14. The largest absolute Gasteiger partial charge is 0.454 e. The van der Waals surface area contributed by atoms with Crippen LogP contribution in [0.25, 0.3) is 11.0 Å². The lowest BCUT2D eigenvalue weighted by Crippen LogP contribution is -2.46. The monoisotopic (exact) mass is 490 g/mol. The van der Waals surface area contributed by atoms with E-state index in [1.54, 1.807) is 4.90 Å². The predicted molar refractivity (Wildman–Crippen MR) is 138 cm³/mol. The Morgan fingerprint density at radius 2 is 1.81 bits per heavy atom. The molecule has 0 radical (unpaired) electrons. The van der Waals surface area contributed by atoms with Gasteiger partial charge in [0.2, 0.25) is 18.6 Å². The molecule has 0 bridgehead atoms. The van der Waals surface area contributed by atoms with Gasteiger partial charge in [-0.15, -0.1) is 0 Å². The molecule has 8 heteroatoms. The third-order valence-corrected chi connectivity index (χ3v) is 7.55. The highest BCUT2D eigenvalue weighted by molar-refractivity contribution is 5.97. The average molecular weight is 491 g/mol. The molecule has 2 aliphatic rings. The molecule has 3 aromatic rings. The van der Waals surface area contributed by atoms with Crippen LogP contribution < -0.4 is 14.4 Å². The molecule has 2 aliphatic heterocycles. The molecule has 3 unspecified atom stereocenters. The number of rotatable bonds is 8. The van der Waals surface area contributed by atoms with Crippen LogP contribution in [0.4, 0.5) is 5.69 Å². The van der Waals surface area contributed by atoms with Gasteiger partial charge < -0.3 is 23.8 Å². The van der Waals surface area contributed by atoms with Crippen molar-refractivity contribution in [2.45, 2.75) is 71.5 Å². The molecule has 3 heterocycles. The van der Waals surface area contributed by atoms with E-state index < -0.39 is 0 Å². The van der Waals surface area contributed by atoms with E-state index >= 15 is 0 Å². The summed E-state index contributed by atoms with van der Waals surface area (Å²) >= 11 is 0. The number of anilines is 1. The van der Waals surface area contributed by atoms with Gasteiger partial charge in [-0.2, -0.15) is 0 Å². The van der Waals surface area contributed by atoms with Crippen LogP contribution in [0.2, 0.25) is 0 Å². The molecule has 2 amide bonds. The van der Waals surface area contributed by atoms with Crippen molar-refractivity contribution in [3.05, 3.63) is 48.3 Å². The molecule has 1 saturated heterocycles. The Morgan fingerprint density at radius 1 is 1.08 bits per heavy atom. The maximum atomic E-state index is 13.7. The zero-order valence-corrected chi connectivity index (χ0v) is 21.4. The molecule has 2 aromatic carbocycles. The van der Waals surface area contributed by atoms with E-state index in [9.17, 15) is 9.59 Å². The van der Waals surface area contributed by atoms with Crippen molar-refractivity contribution < 1.29 is 19.1 Å². The van der Waals surface area contributed by atoms with E-state index in [0.717, 1.165) is 35.4 Å². The fourth-order valence-electron chi connectivity index (χ4n) is 5.29. The summed E-state index contributed by atoms with van der Waals surface area (Å²) in [5.41, 5.74) is 2.54. The number of ether oxygens (including phenoxy) is 2. The van der Waals surface area contributed by atoms with E-state index in [1.165, 1.54) is 0 Å². The van der Waals surface area contributed by atoms with Gasteiger partial charge in [-0.1, -0.05) is 26.0 Å². The lowest BCUT2D eigenvalue weighted by molar-refractivity contribution is -0.136. The van der Waals surface area contributed by atoms with Crippen molar-refractivity contribution in [1.82, 2.24) is 14.5 Å². The fraction of sp³-hybridized carbons (Fsp3) is 0.464. The number of nitrogens with zero attached hydrogens (tertiary/aromatic N) is 4. The number of amides is 2. The third kappa shape index (κ3) is 4.29. The first-order valence-corrected chi connectivity index (χ1v) is 12.9. The van der Waals surface area contributed by atoms with Crippen molar-refractivity contribution in [2.75, 3.05) is 18.2 Å². The summed E-state index contributed by atoms with van der Waals surface area (Å²) in [5.74, 6) is 2.12. The first kappa shape index (κ1) is 24.2. The van der Waals surface area contributed by atoms with E-state index in [2.05, 4.69) is 27.7 Å². The topological polar surface area (TPSA) is 76.9 Å². The summed E-state index contributed by atoms with van der Waals surface area (Å²) in [4.78, 5) is 35.5. The third-order valence-electron chi connectivity index (χ3n) is 7.55. The minimum atomic E-state index is -0.122. The van der Waals surface area contributed by atoms with Crippen molar-refractivity contribution in [2.24, 2.45) is 0 Å². The second kappa shape index (κ2) is 9.84. The quantitative estimate of drug-likeness (QED) is 0.457. The Bertz CT molecular complexity index is 1280. The lowest BCUT2D eigenvalue weighted by atomic mass is 10.1. The Hall–Kier alpha value is -3.55. The van der Waals surface area contributed by atoms with Crippen molar-refractivity contribution in [1.29, 1.82) is 0 Å². The normalized spacial score (nSPS) is 18.6. The minimum Gasteiger partial charge on any atom is -0.454 e. The number of para-hydroxylation sites is 2. The van der Waals surface area contributed by atoms with E-state index in [-0.39, 0.29) is 43.2 Å². The number of imidazole rings is 1. The molecule has 1 fully saturated rings. The van der Waals surface area contributed by atoms with Crippen molar-refractivity contribution in [3.8, 4) is 11.5 Å². The Morgan fingerprint density at radius 3 is 2.56 bits per heavy atom. The lowest BCUT2D eigenvalue weighted by Gasteiger charge is -2.34. The summed E-state index contributed by atoms with van der Waals surface area (Å²) in [6.45, 7) is 9.33. The Balaban J connectivity index is 1.46. The van der Waals surface area contributed by atoms with Gasteiger partial charge in [0, 0.05) is 42.7 Å². The van der Waals surface area contributed by atoms with Crippen LogP contribution in [0.15, 0.2) is 42.5 Å². The predicted octanol–water partition coefficient (Wildman–Crippen LogP) is 4.71. The standard InChI is InChI=1S/C28H34N4O4/c1-5-18(3)32(19(4)6-2)27(34)16-31-23-10-8-7-9-22(23)29-28(31)20-13-26(33)30(15-20)21-11-12-24-25(14-21)36-17-35-24/h7-12,14,18-20H,5-6,13,15-17H2,1-4H3. The van der Waals surface area contributed by atoms with Gasteiger partial charge in [-0.25, -0.2) is 4.98 Å². The van der Waals surface area contributed by atoms with Crippen molar-refractivity contribution >= 4 is 28.5 Å². The molecule has 8 nitrogen and oxygen atoms in total.